The molecule has 1 atom stereocenters. The van der Waals surface area contributed by atoms with Gasteiger partial charge in [-0.1, -0.05) is 53.7 Å². The predicted molar refractivity (Wildman–Crippen MR) is 94.3 cm³/mol. The smallest absolute Gasteiger partial charge is 0.265 e. The number of benzene rings is 2. The van der Waals surface area contributed by atoms with Crippen molar-refractivity contribution in [1.82, 2.24) is 5.32 Å². The summed E-state index contributed by atoms with van der Waals surface area (Å²) < 4.78 is 0. The first-order valence-corrected chi connectivity index (χ1v) is 8.27. The normalized spacial score (nSPS) is 17.2. The van der Waals surface area contributed by atoms with Crippen LogP contribution < -0.4 is 10.6 Å². The number of hydrogen-bond donors (Lipinski definition) is 3. The lowest BCUT2D eigenvalue weighted by atomic mass is 10.2. The third kappa shape index (κ3) is 3.18. The Bertz CT molecular complexity index is 876. The van der Waals surface area contributed by atoms with Gasteiger partial charge < -0.3 is 15.7 Å². The Balaban J connectivity index is 1.96. The minimum Gasteiger partial charge on any atom is -0.508 e. The number of nitrogens with one attached hydrogen (secondary N) is 2. The summed E-state index contributed by atoms with van der Waals surface area (Å²) in [6.45, 7) is 0. The lowest BCUT2D eigenvalue weighted by Crippen LogP contribution is -2.33. The number of rotatable bonds is 3. The zero-order valence-corrected chi connectivity index (χ0v) is 13.9. The van der Waals surface area contributed by atoms with Crippen LogP contribution >= 0.6 is 23.4 Å². The van der Waals surface area contributed by atoms with Crippen LogP contribution in [0.2, 0.25) is 5.02 Å². The van der Waals surface area contributed by atoms with E-state index in [1.807, 2.05) is 6.07 Å². The summed E-state index contributed by atoms with van der Waals surface area (Å²) in [7, 11) is 0. The van der Waals surface area contributed by atoms with E-state index in [0.29, 0.717) is 21.3 Å². The topological polar surface area (TPSA) is 85.2 Å². The molecule has 5 nitrogen and oxygen atoms in total. The Morgan fingerprint density at radius 1 is 1.21 bits per heavy atom. The largest absolute Gasteiger partial charge is 0.508 e. The number of phenolic OH excluding ortho intramolecular Hbond substituents is 1. The van der Waals surface area contributed by atoms with Gasteiger partial charge in [0.2, 0.25) is 0 Å². The summed E-state index contributed by atoms with van der Waals surface area (Å²) >= 11 is 7.37. The average molecular weight is 358 g/mol. The second kappa shape index (κ2) is 6.87. The van der Waals surface area contributed by atoms with Crippen molar-refractivity contribution in [2.45, 2.75) is 5.37 Å². The average Bonchev–Trinajstić information content (AvgIpc) is 2.57. The highest BCUT2D eigenvalue weighted by Gasteiger charge is 2.30. The van der Waals surface area contributed by atoms with Crippen LogP contribution in [-0.4, -0.2) is 11.0 Å². The number of halogens is 1. The van der Waals surface area contributed by atoms with Crippen molar-refractivity contribution < 1.29 is 9.90 Å². The number of phenols is 1. The van der Waals surface area contributed by atoms with E-state index in [9.17, 15) is 15.2 Å². The molecule has 1 amide bonds. The zero-order chi connectivity index (χ0) is 17.1. The molecule has 1 aliphatic rings. The molecule has 0 fully saturated rings. The van der Waals surface area contributed by atoms with E-state index in [2.05, 4.69) is 10.6 Å². The molecule has 24 heavy (non-hydrogen) atoms. The molecule has 0 aliphatic carbocycles. The molecule has 0 spiro atoms. The number of anilines is 1. The summed E-state index contributed by atoms with van der Waals surface area (Å²) in [5, 5.41) is 25.4. The van der Waals surface area contributed by atoms with Crippen molar-refractivity contribution in [2.24, 2.45) is 0 Å². The maximum Gasteiger partial charge on any atom is 0.265 e. The highest BCUT2D eigenvalue weighted by molar-refractivity contribution is 8.03. The van der Waals surface area contributed by atoms with Crippen LogP contribution in [0.1, 0.15) is 10.9 Å². The second-order valence-corrected chi connectivity index (χ2v) is 6.47. The van der Waals surface area contributed by atoms with Gasteiger partial charge in [0.1, 0.15) is 22.8 Å². The van der Waals surface area contributed by atoms with Gasteiger partial charge in [-0.05, 0) is 18.2 Å². The fraction of sp³-hybridized carbons (Fsp3) is 0.0588. The maximum absolute atomic E-state index is 12.2. The van der Waals surface area contributed by atoms with Crippen LogP contribution in [0, 0.1) is 11.3 Å². The number of nitrogens with zero attached hydrogens (tertiary/aromatic N) is 1. The van der Waals surface area contributed by atoms with Gasteiger partial charge in [-0.15, -0.1) is 0 Å². The molecular formula is C17H12ClN3O2S. The van der Waals surface area contributed by atoms with Gasteiger partial charge in [0.25, 0.3) is 5.91 Å². The van der Waals surface area contributed by atoms with Gasteiger partial charge in [0, 0.05) is 5.56 Å². The lowest BCUT2D eigenvalue weighted by Gasteiger charge is -2.26. The van der Waals surface area contributed by atoms with Crippen LogP contribution in [0.25, 0.3) is 0 Å². The number of aromatic hydroxyl groups is 1. The standard InChI is InChI=1S/C17H12ClN3O2S/c18-12-6-2-3-7-13(12)20-17-11(9-19)15(23)21-16(24-17)10-5-1-4-8-14(10)22/h1-8,16,20,22H,(H,21,23). The number of para-hydroxylation sites is 2. The molecule has 0 aromatic heterocycles. The van der Waals surface area contributed by atoms with Gasteiger partial charge in [-0.2, -0.15) is 5.26 Å². The Kier molecular flexibility index (Phi) is 4.65. The molecule has 0 radical (unpaired) electrons. The van der Waals surface area contributed by atoms with Crippen LogP contribution in [0.15, 0.2) is 59.1 Å². The molecule has 0 bridgehead atoms. The quantitative estimate of drug-likeness (QED) is 0.778. The Morgan fingerprint density at radius 3 is 2.62 bits per heavy atom. The van der Waals surface area contributed by atoms with E-state index in [4.69, 9.17) is 11.6 Å². The van der Waals surface area contributed by atoms with Crippen LogP contribution in [0.5, 0.6) is 5.75 Å². The monoisotopic (exact) mass is 357 g/mol. The molecule has 7 heteroatoms. The molecular weight excluding hydrogens is 346 g/mol. The van der Waals surface area contributed by atoms with E-state index < -0.39 is 11.3 Å². The summed E-state index contributed by atoms with van der Waals surface area (Å²) in [6, 6.07) is 15.7. The molecule has 3 N–H and O–H groups in total. The first-order chi connectivity index (χ1) is 11.6. The molecule has 0 saturated carbocycles. The number of carbonyl (C=O) groups excluding carboxylic acids is 1. The van der Waals surface area contributed by atoms with Gasteiger partial charge in [0.15, 0.2) is 0 Å². The van der Waals surface area contributed by atoms with E-state index in [1.165, 1.54) is 11.8 Å². The van der Waals surface area contributed by atoms with Crippen LogP contribution in [0.4, 0.5) is 5.69 Å². The first kappa shape index (κ1) is 16.2. The third-order valence-electron chi connectivity index (χ3n) is 3.41. The number of carbonyl (C=O) groups is 1. The SMILES string of the molecule is N#CC1=C(Nc2ccccc2Cl)SC(c2ccccc2O)NC1=O. The minimum atomic E-state index is -0.513. The van der Waals surface area contributed by atoms with Crippen molar-refractivity contribution in [3.05, 3.63) is 69.7 Å². The summed E-state index contributed by atoms with van der Waals surface area (Å²) in [5.74, 6) is -0.424. The second-order valence-electron chi connectivity index (χ2n) is 4.95. The van der Waals surface area contributed by atoms with E-state index in [1.54, 1.807) is 48.5 Å². The minimum absolute atomic E-state index is 0.0217. The fourth-order valence-electron chi connectivity index (χ4n) is 2.23. The van der Waals surface area contributed by atoms with Crippen molar-refractivity contribution in [3.8, 4) is 11.8 Å². The lowest BCUT2D eigenvalue weighted by molar-refractivity contribution is -0.117. The molecule has 1 aliphatic heterocycles. The Labute approximate surface area is 147 Å². The van der Waals surface area contributed by atoms with Gasteiger partial charge in [0.05, 0.1) is 15.7 Å². The van der Waals surface area contributed by atoms with Crippen LogP contribution in [-0.2, 0) is 4.79 Å². The van der Waals surface area contributed by atoms with E-state index >= 15 is 0 Å². The Hall–Kier alpha value is -2.62. The van der Waals surface area contributed by atoms with Crippen molar-refractivity contribution in [1.29, 1.82) is 5.26 Å². The van der Waals surface area contributed by atoms with E-state index in [-0.39, 0.29) is 11.3 Å². The summed E-state index contributed by atoms with van der Waals surface area (Å²) in [5.41, 5.74) is 1.14. The van der Waals surface area contributed by atoms with Gasteiger partial charge in [-0.25, -0.2) is 0 Å². The van der Waals surface area contributed by atoms with Crippen molar-refractivity contribution in [3.63, 3.8) is 0 Å². The maximum atomic E-state index is 12.2. The molecule has 120 valence electrons. The van der Waals surface area contributed by atoms with Gasteiger partial charge >= 0.3 is 0 Å². The molecule has 2 aromatic rings. The number of hydrogen-bond acceptors (Lipinski definition) is 5. The number of nitriles is 1. The third-order valence-corrected chi connectivity index (χ3v) is 4.88. The predicted octanol–water partition coefficient (Wildman–Crippen LogP) is 3.75. The fourth-order valence-corrected chi connectivity index (χ4v) is 3.57. The van der Waals surface area contributed by atoms with E-state index in [0.717, 1.165) is 0 Å². The molecule has 0 saturated heterocycles. The zero-order valence-electron chi connectivity index (χ0n) is 12.3. The Morgan fingerprint density at radius 2 is 1.92 bits per heavy atom. The van der Waals surface area contributed by atoms with Gasteiger partial charge in [-0.3, -0.25) is 4.79 Å². The number of thioether (sulfide) groups is 1. The van der Waals surface area contributed by atoms with Crippen LogP contribution in [0.3, 0.4) is 0 Å². The number of amides is 1. The van der Waals surface area contributed by atoms with Crippen molar-refractivity contribution >= 4 is 35.0 Å². The first-order valence-electron chi connectivity index (χ1n) is 7.01. The highest BCUT2D eigenvalue weighted by atomic mass is 35.5. The van der Waals surface area contributed by atoms with Crippen molar-refractivity contribution in [2.75, 3.05) is 5.32 Å². The molecule has 3 rings (SSSR count). The highest BCUT2D eigenvalue weighted by Crippen LogP contribution is 2.41. The summed E-state index contributed by atoms with van der Waals surface area (Å²) in [4.78, 5) is 12.2. The summed E-state index contributed by atoms with van der Waals surface area (Å²) in [6.07, 6.45) is 0. The molecule has 1 heterocycles. The molecule has 1 unspecified atom stereocenters. The molecule has 2 aromatic carbocycles.